The fourth-order valence-corrected chi connectivity index (χ4v) is 2.22. The van der Waals surface area contributed by atoms with E-state index in [1.54, 1.807) is 0 Å². The van der Waals surface area contributed by atoms with E-state index in [9.17, 15) is 19.8 Å². The SMILES string of the molecule is O=C(N[C@@H](Cc1ccc(O)c(O)c1)C(=O)O)c1cscn1. The second-order valence-electron chi connectivity index (χ2n) is 4.27. The van der Waals surface area contributed by atoms with Crippen molar-refractivity contribution in [3.63, 3.8) is 0 Å². The number of rotatable bonds is 5. The lowest BCUT2D eigenvalue weighted by atomic mass is 10.1. The summed E-state index contributed by atoms with van der Waals surface area (Å²) in [7, 11) is 0. The van der Waals surface area contributed by atoms with E-state index in [0.29, 0.717) is 5.56 Å². The molecule has 1 aromatic carbocycles. The van der Waals surface area contributed by atoms with Crippen LogP contribution >= 0.6 is 11.3 Å². The molecule has 0 unspecified atom stereocenters. The molecule has 1 heterocycles. The molecule has 21 heavy (non-hydrogen) atoms. The summed E-state index contributed by atoms with van der Waals surface area (Å²) >= 11 is 1.23. The van der Waals surface area contributed by atoms with Gasteiger partial charge >= 0.3 is 5.97 Å². The number of nitrogens with one attached hydrogen (secondary N) is 1. The fourth-order valence-electron chi connectivity index (χ4n) is 1.69. The molecule has 1 aromatic heterocycles. The highest BCUT2D eigenvalue weighted by Crippen LogP contribution is 2.25. The third kappa shape index (κ3) is 3.69. The number of hydrogen-bond acceptors (Lipinski definition) is 6. The van der Waals surface area contributed by atoms with Crippen LogP contribution in [0.5, 0.6) is 11.5 Å². The molecule has 2 aromatic rings. The van der Waals surface area contributed by atoms with E-state index >= 15 is 0 Å². The van der Waals surface area contributed by atoms with Gasteiger partial charge in [-0.05, 0) is 17.7 Å². The summed E-state index contributed by atoms with van der Waals surface area (Å²) in [6, 6.07) is 2.81. The smallest absolute Gasteiger partial charge is 0.326 e. The number of phenolic OH excluding ortho intramolecular Hbond substituents is 2. The summed E-state index contributed by atoms with van der Waals surface area (Å²) < 4.78 is 0. The van der Waals surface area contributed by atoms with Crippen molar-refractivity contribution in [1.29, 1.82) is 0 Å². The van der Waals surface area contributed by atoms with E-state index in [4.69, 9.17) is 5.11 Å². The molecule has 0 bridgehead atoms. The largest absolute Gasteiger partial charge is 0.504 e. The monoisotopic (exact) mass is 308 g/mol. The Labute approximate surface area is 123 Å². The summed E-state index contributed by atoms with van der Waals surface area (Å²) in [5.41, 5.74) is 2.10. The zero-order chi connectivity index (χ0) is 15.4. The van der Waals surface area contributed by atoms with Gasteiger partial charge in [0.25, 0.3) is 5.91 Å². The number of aromatic nitrogens is 1. The maximum atomic E-state index is 11.8. The van der Waals surface area contributed by atoms with Crippen LogP contribution in [-0.4, -0.2) is 38.2 Å². The van der Waals surface area contributed by atoms with Gasteiger partial charge in [0.1, 0.15) is 11.7 Å². The molecule has 0 aliphatic carbocycles. The van der Waals surface area contributed by atoms with Gasteiger partial charge < -0.3 is 20.6 Å². The van der Waals surface area contributed by atoms with Crippen LogP contribution in [0.2, 0.25) is 0 Å². The molecule has 0 saturated heterocycles. The highest BCUT2D eigenvalue weighted by Gasteiger charge is 2.22. The Bertz CT molecular complexity index is 657. The number of aliphatic carboxylic acids is 1. The maximum Gasteiger partial charge on any atom is 0.326 e. The molecule has 7 nitrogen and oxygen atoms in total. The number of aromatic hydroxyl groups is 2. The molecule has 8 heteroatoms. The molecule has 0 aliphatic rings. The van der Waals surface area contributed by atoms with E-state index in [2.05, 4.69) is 10.3 Å². The molecule has 110 valence electrons. The Hall–Kier alpha value is -2.61. The standard InChI is InChI=1S/C13H12N2O5S/c16-10-2-1-7(4-11(10)17)3-8(13(19)20)15-12(18)9-5-21-6-14-9/h1-2,4-6,8,16-17H,3H2,(H,15,18)(H,19,20)/t8-/m0/s1. The van der Waals surface area contributed by atoms with E-state index in [1.807, 2.05) is 0 Å². The van der Waals surface area contributed by atoms with Crippen LogP contribution in [-0.2, 0) is 11.2 Å². The van der Waals surface area contributed by atoms with Gasteiger partial charge in [0.05, 0.1) is 5.51 Å². The topological polar surface area (TPSA) is 120 Å². The zero-order valence-corrected chi connectivity index (χ0v) is 11.5. The zero-order valence-electron chi connectivity index (χ0n) is 10.7. The Morgan fingerprint density at radius 3 is 2.62 bits per heavy atom. The Morgan fingerprint density at radius 1 is 1.29 bits per heavy atom. The first-order chi connectivity index (χ1) is 9.97. The number of benzene rings is 1. The number of carboxylic acids is 1. The average Bonchev–Trinajstić information content (AvgIpc) is 2.96. The Kier molecular flexibility index (Phi) is 4.39. The van der Waals surface area contributed by atoms with E-state index < -0.39 is 17.9 Å². The van der Waals surface area contributed by atoms with Crippen LogP contribution in [0, 0.1) is 0 Å². The number of phenols is 2. The van der Waals surface area contributed by atoms with Gasteiger partial charge in [-0.15, -0.1) is 11.3 Å². The highest BCUT2D eigenvalue weighted by atomic mass is 32.1. The summed E-state index contributed by atoms with van der Waals surface area (Å²) in [4.78, 5) is 26.8. The first-order valence-electron chi connectivity index (χ1n) is 5.90. The number of nitrogens with zero attached hydrogens (tertiary/aromatic N) is 1. The summed E-state index contributed by atoms with van der Waals surface area (Å²) in [5, 5.41) is 31.6. The van der Waals surface area contributed by atoms with Crippen LogP contribution in [0.3, 0.4) is 0 Å². The average molecular weight is 308 g/mol. The molecular formula is C13H12N2O5S. The summed E-state index contributed by atoms with van der Waals surface area (Å²) in [6.45, 7) is 0. The quantitative estimate of drug-likeness (QED) is 0.611. The summed E-state index contributed by atoms with van der Waals surface area (Å²) in [5.74, 6) is -2.42. The van der Waals surface area contributed by atoms with Gasteiger partial charge in [0.2, 0.25) is 0 Å². The van der Waals surface area contributed by atoms with E-state index in [1.165, 1.54) is 40.4 Å². The van der Waals surface area contributed by atoms with Crippen LogP contribution < -0.4 is 5.32 Å². The number of amides is 1. The van der Waals surface area contributed by atoms with Crippen molar-refractivity contribution in [1.82, 2.24) is 10.3 Å². The number of carbonyl (C=O) groups excluding carboxylic acids is 1. The Balaban J connectivity index is 2.10. The number of carbonyl (C=O) groups is 2. The minimum absolute atomic E-state index is 0.0287. The lowest BCUT2D eigenvalue weighted by Gasteiger charge is -2.14. The van der Waals surface area contributed by atoms with Gasteiger partial charge in [-0.2, -0.15) is 0 Å². The Morgan fingerprint density at radius 2 is 2.05 bits per heavy atom. The van der Waals surface area contributed by atoms with Crippen LogP contribution in [0.1, 0.15) is 16.1 Å². The molecule has 0 spiro atoms. The van der Waals surface area contributed by atoms with Crippen LogP contribution in [0.25, 0.3) is 0 Å². The molecule has 1 amide bonds. The maximum absolute atomic E-state index is 11.8. The third-order valence-electron chi connectivity index (χ3n) is 2.75. The van der Waals surface area contributed by atoms with Gasteiger partial charge in [-0.1, -0.05) is 6.07 Å². The molecule has 0 aliphatic heterocycles. The fraction of sp³-hybridized carbons (Fsp3) is 0.154. The minimum Gasteiger partial charge on any atom is -0.504 e. The first kappa shape index (κ1) is 14.8. The molecule has 1 atom stereocenters. The van der Waals surface area contributed by atoms with Crippen molar-refractivity contribution >= 4 is 23.2 Å². The lowest BCUT2D eigenvalue weighted by Crippen LogP contribution is -2.42. The predicted molar refractivity (Wildman–Crippen MR) is 74.5 cm³/mol. The lowest BCUT2D eigenvalue weighted by molar-refractivity contribution is -0.139. The first-order valence-corrected chi connectivity index (χ1v) is 6.84. The van der Waals surface area contributed by atoms with E-state index in [-0.39, 0.29) is 23.6 Å². The molecule has 0 saturated carbocycles. The van der Waals surface area contributed by atoms with Crippen molar-refractivity contribution in [2.45, 2.75) is 12.5 Å². The molecule has 2 rings (SSSR count). The highest BCUT2D eigenvalue weighted by molar-refractivity contribution is 7.07. The van der Waals surface area contributed by atoms with Crippen molar-refractivity contribution < 1.29 is 24.9 Å². The normalized spacial score (nSPS) is 11.8. The van der Waals surface area contributed by atoms with Gasteiger partial charge in [0.15, 0.2) is 11.5 Å². The van der Waals surface area contributed by atoms with Gasteiger partial charge in [0, 0.05) is 11.8 Å². The minimum atomic E-state index is -1.20. The van der Waals surface area contributed by atoms with Crippen molar-refractivity contribution in [3.05, 3.63) is 40.3 Å². The van der Waals surface area contributed by atoms with Gasteiger partial charge in [-0.3, -0.25) is 4.79 Å². The van der Waals surface area contributed by atoms with Crippen molar-refractivity contribution in [3.8, 4) is 11.5 Å². The summed E-state index contributed by atoms with van der Waals surface area (Å²) in [6.07, 6.45) is -0.0287. The predicted octanol–water partition coefficient (Wildman–Crippen LogP) is 0.980. The van der Waals surface area contributed by atoms with Crippen molar-refractivity contribution in [2.24, 2.45) is 0 Å². The van der Waals surface area contributed by atoms with Crippen molar-refractivity contribution in [2.75, 3.05) is 0 Å². The second kappa shape index (κ2) is 6.23. The van der Waals surface area contributed by atoms with Crippen LogP contribution in [0.15, 0.2) is 29.1 Å². The number of thiazole rings is 1. The molecule has 0 fully saturated rings. The van der Waals surface area contributed by atoms with E-state index in [0.717, 1.165) is 0 Å². The molecule has 0 radical (unpaired) electrons. The third-order valence-corrected chi connectivity index (χ3v) is 3.33. The number of carboxylic acid groups (broad SMARTS) is 1. The van der Waals surface area contributed by atoms with Crippen LogP contribution in [0.4, 0.5) is 0 Å². The number of hydrogen-bond donors (Lipinski definition) is 4. The van der Waals surface area contributed by atoms with Gasteiger partial charge in [-0.25, -0.2) is 9.78 Å². The molecular weight excluding hydrogens is 296 g/mol. The molecule has 4 N–H and O–H groups in total. The second-order valence-corrected chi connectivity index (χ2v) is 4.98.